The first-order chi connectivity index (χ1) is 7.15. The lowest BCUT2D eigenvalue weighted by atomic mass is 9.93. The van der Waals surface area contributed by atoms with Crippen molar-refractivity contribution in [2.24, 2.45) is 11.1 Å². The topological polar surface area (TPSA) is 64.3 Å². The maximum absolute atomic E-state index is 11.7. The van der Waals surface area contributed by atoms with Crippen molar-refractivity contribution < 1.29 is 22.7 Å². The second kappa shape index (κ2) is 6.05. The van der Waals surface area contributed by atoms with Crippen LogP contribution >= 0.6 is 0 Å². The molecule has 3 N–H and O–H groups in total. The summed E-state index contributed by atoms with van der Waals surface area (Å²) in [6.45, 7) is 2.53. The second-order valence-corrected chi connectivity index (χ2v) is 4.09. The first-order valence-corrected chi connectivity index (χ1v) is 4.80. The molecule has 0 aromatic rings. The zero-order valence-corrected chi connectivity index (χ0v) is 9.36. The van der Waals surface area contributed by atoms with Gasteiger partial charge in [-0.05, 0) is 13.8 Å². The minimum absolute atomic E-state index is 0.0612. The van der Waals surface area contributed by atoms with Gasteiger partial charge in [0.05, 0.1) is 12.0 Å². The zero-order valence-electron chi connectivity index (χ0n) is 9.36. The van der Waals surface area contributed by atoms with Gasteiger partial charge in [0.25, 0.3) is 0 Å². The summed E-state index contributed by atoms with van der Waals surface area (Å²) in [7, 11) is 0. The van der Waals surface area contributed by atoms with Crippen LogP contribution in [-0.2, 0) is 9.53 Å². The van der Waals surface area contributed by atoms with Gasteiger partial charge in [-0.15, -0.1) is 0 Å². The number of nitrogens with two attached hydrogens (primary N) is 1. The quantitative estimate of drug-likeness (QED) is 0.645. The van der Waals surface area contributed by atoms with Gasteiger partial charge < -0.3 is 15.8 Å². The van der Waals surface area contributed by atoms with Crippen LogP contribution in [0.25, 0.3) is 0 Å². The van der Waals surface area contributed by atoms with Crippen molar-refractivity contribution in [1.29, 1.82) is 0 Å². The first kappa shape index (κ1) is 15.2. The highest BCUT2D eigenvalue weighted by molar-refractivity contribution is 5.80. The molecule has 4 nitrogen and oxygen atoms in total. The summed E-state index contributed by atoms with van der Waals surface area (Å²) in [6, 6.07) is 0. The Labute approximate surface area is 92.3 Å². The molecule has 0 aromatic heterocycles. The molecule has 0 aliphatic carbocycles. The van der Waals surface area contributed by atoms with Gasteiger partial charge in [0.2, 0.25) is 5.91 Å². The normalized spacial score (nSPS) is 12.8. The molecule has 0 spiro atoms. The highest BCUT2D eigenvalue weighted by atomic mass is 19.4. The molecule has 0 bridgehead atoms. The second-order valence-electron chi connectivity index (χ2n) is 4.09. The van der Waals surface area contributed by atoms with Crippen LogP contribution in [-0.4, -0.2) is 38.4 Å². The van der Waals surface area contributed by atoms with Gasteiger partial charge in [0.1, 0.15) is 6.61 Å². The third kappa shape index (κ3) is 7.47. The van der Waals surface area contributed by atoms with Crippen LogP contribution < -0.4 is 11.1 Å². The van der Waals surface area contributed by atoms with Crippen molar-refractivity contribution in [3.8, 4) is 0 Å². The molecule has 96 valence electrons. The summed E-state index contributed by atoms with van der Waals surface area (Å²) in [6.07, 6.45) is -4.30. The predicted octanol–water partition coefficient (Wildman–Crippen LogP) is 0.666. The summed E-state index contributed by atoms with van der Waals surface area (Å²) in [5.74, 6) is -0.462. The van der Waals surface area contributed by atoms with Crippen molar-refractivity contribution >= 4 is 5.91 Å². The molecule has 1 amide bonds. The van der Waals surface area contributed by atoms with Crippen LogP contribution in [0.3, 0.4) is 0 Å². The van der Waals surface area contributed by atoms with Gasteiger partial charge >= 0.3 is 6.18 Å². The van der Waals surface area contributed by atoms with Crippen LogP contribution in [0.2, 0.25) is 0 Å². The van der Waals surface area contributed by atoms with E-state index in [0.29, 0.717) is 6.54 Å². The number of primary amides is 1. The molecule has 0 atom stereocenters. The molecule has 0 aliphatic heterocycles. The largest absolute Gasteiger partial charge is 0.411 e. The Morgan fingerprint density at radius 2 is 1.94 bits per heavy atom. The Kier molecular flexibility index (Phi) is 5.74. The third-order valence-electron chi connectivity index (χ3n) is 1.92. The van der Waals surface area contributed by atoms with E-state index in [4.69, 9.17) is 5.73 Å². The van der Waals surface area contributed by atoms with Crippen LogP contribution in [0, 0.1) is 5.41 Å². The van der Waals surface area contributed by atoms with E-state index in [9.17, 15) is 18.0 Å². The zero-order chi connectivity index (χ0) is 12.8. The number of ether oxygens (including phenoxy) is 1. The van der Waals surface area contributed by atoms with Crippen LogP contribution in [0.5, 0.6) is 0 Å². The average molecular weight is 242 g/mol. The Hall–Kier alpha value is -0.820. The summed E-state index contributed by atoms with van der Waals surface area (Å²) in [5.41, 5.74) is 4.39. The fourth-order valence-electron chi connectivity index (χ4n) is 0.820. The van der Waals surface area contributed by atoms with Gasteiger partial charge in [0, 0.05) is 13.1 Å². The Morgan fingerprint density at radius 3 is 2.38 bits per heavy atom. The van der Waals surface area contributed by atoms with Gasteiger partial charge in [-0.25, -0.2) is 0 Å². The lowest BCUT2D eigenvalue weighted by molar-refractivity contribution is -0.173. The van der Waals surface area contributed by atoms with Crippen LogP contribution in [0.1, 0.15) is 13.8 Å². The molecule has 0 fully saturated rings. The number of nitrogens with one attached hydrogen (secondary N) is 1. The summed E-state index contributed by atoms with van der Waals surface area (Å²) in [4.78, 5) is 10.9. The van der Waals surface area contributed by atoms with Crippen molar-refractivity contribution in [2.45, 2.75) is 20.0 Å². The number of halogens is 3. The molecule has 0 radical (unpaired) electrons. The maximum atomic E-state index is 11.7. The van der Waals surface area contributed by atoms with E-state index in [1.165, 1.54) is 0 Å². The summed E-state index contributed by atoms with van der Waals surface area (Å²) < 4.78 is 39.3. The molecule has 0 aromatic carbocycles. The number of alkyl halides is 3. The summed E-state index contributed by atoms with van der Waals surface area (Å²) in [5, 5.41) is 2.80. The predicted molar refractivity (Wildman–Crippen MR) is 52.7 cm³/mol. The van der Waals surface area contributed by atoms with E-state index in [1.807, 2.05) is 0 Å². The summed E-state index contributed by atoms with van der Waals surface area (Å²) >= 11 is 0. The number of amides is 1. The van der Waals surface area contributed by atoms with E-state index in [2.05, 4.69) is 10.1 Å². The highest BCUT2D eigenvalue weighted by Crippen LogP contribution is 2.14. The van der Waals surface area contributed by atoms with Gasteiger partial charge in [-0.2, -0.15) is 13.2 Å². The maximum Gasteiger partial charge on any atom is 0.411 e. The van der Waals surface area contributed by atoms with Gasteiger partial charge in [-0.1, -0.05) is 0 Å². The van der Waals surface area contributed by atoms with Gasteiger partial charge in [0.15, 0.2) is 0 Å². The Morgan fingerprint density at radius 1 is 1.38 bits per heavy atom. The van der Waals surface area contributed by atoms with Crippen molar-refractivity contribution in [3.63, 3.8) is 0 Å². The standard InChI is InChI=1S/C9H17F3N2O2/c1-8(2,7(13)15)5-14-3-4-16-6-9(10,11)12/h14H,3-6H2,1-2H3,(H2,13,15). The number of carbonyl (C=O) groups excluding carboxylic acids is 1. The number of hydrogen-bond acceptors (Lipinski definition) is 3. The van der Waals surface area contributed by atoms with Crippen molar-refractivity contribution in [2.75, 3.05) is 26.3 Å². The SMILES string of the molecule is CC(C)(CNCCOCC(F)(F)F)C(N)=O. The molecular weight excluding hydrogens is 225 g/mol. The van der Waals surface area contributed by atoms with E-state index in [1.54, 1.807) is 13.8 Å². The van der Waals surface area contributed by atoms with Crippen LogP contribution in [0.4, 0.5) is 13.2 Å². The average Bonchev–Trinajstić information content (AvgIpc) is 2.09. The minimum atomic E-state index is -4.30. The Bertz CT molecular complexity index is 229. The van der Waals surface area contributed by atoms with Crippen LogP contribution in [0.15, 0.2) is 0 Å². The molecule has 7 heteroatoms. The fourth-order valence-corrected chi connectivity index (χ4v) is 0.820. The number of carbonyl (C=O) groups is 1. The molecular formula is C9H17F3N2O2. The molecule has 16 heavy (non-hydrogen) atoms. The lowest BCUT2D eigenvalue weighted by Crippen LogP contribution is -2.41. The monoisotopic (exact) mass is 242 g/mol. The number of hydrogen-bond donors (Lipinski definition) is 2. The molecule has 0 saturated carbocycles. The van der Waals surface area contributed by atoms with Gasteiger partial charge in [-0.3, -0.25) is 4.79 Å². The van der Waals surface area contributed by atoms with Crippen molar-refractivity contribution in [3.05, 3.63) is 0 Å². The smallest absolute Gasteiger partial charge is 0.371 e. The molecule has 0 heterocycles. The van der Waals surface area contributed by atoms with E-state index in [-0.39, 0.29) is 13.2 Å². The molecule has 0 aliphatic rings. The minimum Gasteiger partial charge on any atom is -0.371 e. The van der Waals surface area contributed by atoms with E-state index in [0.717, 1.165) is 0 Å². The Balaban J connectivity index is 3.52. The number of rotatable bonds is 7. The fraction of sp³-hybridized carbons (Fsp3) is 0.889. The molecule has 0 unspecified atom stereocenters. The third-order valence-corrected chi connectivity index (χ3v) is 1.92. The lowest BCUT2D eigenvalue weighted by Gasteiger charge is -2.20. The molecule has 0 saturated heterocycles. The highest BCUT2D eigenvalue weighted by Gasteiger charge is 2.27. The molecule has 0 rings (SSSR count). The first-order valence-electron chi connectivity index (χ1n) is 4.80. The van der Waals surface area contributed by atoms with E-state index < -0.39 is 24.1 Å². The van der Waals surface area contributed by atoms with E-state index >= 15 is 0 Å². The van der Waals surface area contributed by atoms with Crippen molar-refractivity contribution in [1.82, 2.24) is 5.32 Å².